The Morgan fingerprint density at radius 1 is 0.304 bits per heavy atom. The van der Waals surface area contributed by atoms with Crippen molar-refractivity contribution in [3.05, 3.63) is 48.6 Å². The van der Waals surface area contributed by atoms with Gasteiger partial charge in [0.15, 0.2) is 6.10 Å². The van der Waals surface area contributed by atoms with Gasteiger partial charge in [-0.3, -0.25) is 14.4 Å². The molecule has 0 aliphatic heterocycles. The summed E-state index contributed by atoms with van der Waals surface area (Å²) < 4.78 is 16.8. The number of hydrogen-bond acceptors (Lipinski definition) is 6. The Kier molecular flexibility index (Phi) is 55.7. The summed E-state index contributed by atoms with van der Waals surface area (Å²) in [6.45, 7) is 6.51. The van der Waals surface area contributed by atoms with E-state index in [2.05, 4.69) is 69.4 Å². The van der Waals surface area contributed by atoms with Crippen LogP contribution < -0.4 is 0 Å². The number of unbranched alkanes of at least 4 members (excludes halogenated alkanes) is 36. The molecule has 402 valence electrons. The van der Waals surface area contributed by atoms with Crippen molar-refractivity contribution in [2.45, 2.75) is 322 Å². The van der Waals surface area contributed by atoms with Gasteiger partial charge in [0.1, 0.15) is 13.2 Å². The van der Waals surface area contributed by atoms with Crippen molar-refractivity contribution >= 4 is 17.9 Å². The van der Waals surface area contributed by atoms with Gasteiger partial charge in [-0.25, -0.2) is 0 Å². The van der Waals surface area contributed by atoms with Crippen LogP contribution in [0.1, 0.15) is 316 Å². The fraction of sp³-hybridized carbons (Fsp3) is 0.825. The highest BCUT2D eigenvalue weighted by Gasteiger charge is 2.19. The second-order valence-corrected chi connectivity index (χ2v) is 20.2. The third kappa shape index (κ3) is 56.2. The van der Waals surface area contributed by atoms with E-state index < -0.39 is 6.10 Å². The second kappa shape index (κ2) is 57.9. The molecule has 0 heterocycles. The summed E-state index contributed by atoms with van der Waals surface area (Å²) in [6.07, 6.45) is 71.5. The first-order chi connectivity index (χ1) is 34.0. The molecule has 0 aromatic heterocycles. The number of hydrogen-bond donors (Lipinski definition) is 0. The zero-order chi connectivity index (χ0) is 50.0. The van der Waals surface area contributed by atoms with E-state index in [4.69, 9.17) is 14.2 Å². The molecule has 0 aliphatic rings. The fourth-order valence-electron chi connectivity index (χ4n) is 8.85. The Bertz CT molecular complexity index is 1200. The summed E-state index contributed by atoms with van der Waals surface area (Å²) in [5.41, 5.74) is 0. The highest BCUT2D eigenvalue weighted by molar-refractivity contribution is 5.71. The summed E-state index contributed by atoms with van der Waals surface area (Å²) >= 11 is 0. The summed E-state index contributed by atoms with van der Waals surface area (Å²) in [7, 11) is 0. The lowest BCUT2D eigenvalue weighted by Crippen LogP contribution is -2.30. The van der Waals surface area contributed by atoms with Crippen molar-refractivity contribution in [1.29, 1.82) is 0 Å². The van der Waals surface area contributed by atoms with Crippen molar-refractivity contribution in [1.82, 2.24) is 0 Å². The molecule has 69 heavy (non-hydrogen) atoms. The maximum absolute atomic E-state index is 12.8. The molecule has 0 rings (SSSR count). The molecule has 0 amide bonds. The number of carbonyl (C=O) groups excluding carboxylic acids is 3. The summed E-state index contributed by atoms with van der Waals surface area (Å²) in [4.78, 5) is 37.9. The lowest BCUT2D eigenvalue weighted by molar-refractivity contribution is -0.167. The Morgan fingerprint density at radius 3 is 0.884 bits per heavy atom. The summed E-state index contributed by atoms with van der Waals surface area (Å²) in [5.74, 6) is -0.864. The van der Waals surface area contributed by atoms with E-state index in [-0.39, 0.29) is 31.1 Å². The Labute approximate surface area is 428 Å². The van der Waals surface area contributed by atoms with Crippen molar-refractivity contribution in [3.63, 3.8) is 0 Å². The highest BCUT2D eigenvalue weighted by atomic mass is 16.6. The van der Waals surface area contributed by atoms with Crippen LogP contribution in [0.2, 0.25) is 0 Å². The highest BCUT2D eigenvalue weighted by Crippen LogP contribution is 2.17. The lowest BCUT2D eigenvalue weighted by atomic mass is 10.0. The van der Waals surface area contributed by atoms with Gasteiger partial charge in [0.05, 0.1) is 0 Å². The molecule has 6 nitrogen and oxygen atoms in total. The standard InChI is InChI=1S/C63H114O6/c1-4-7-10-13-16-18-20-22-24-26-28-30-31-32-33-34-36-37-39-41-43-45-47-50-53-56-62(65)68-59-60(58-67-61(64)55-52-49-15-12-9-6-3)69-63(66)57-54-51-48-46-44-42-40-38-35-29-27-25-23-21-19-17-14-11-8-5-2/h7,10,16,18,22,24,28,30,60H,4-6,8-9,11-15,17,19-21,23,25-27,29,31-59H2,1-3H3/b10-7-,18-16-,24-22-,30-28-. The second-order valence-electron chi connectivity index (χ2n) is 20.2. The SMILES string of the molecule is CC/C=C\C/C=C\C/C=C\C/C=C\CCCCCCCCCCCCCCC(=O)OCC(COC(=O)CCCCCCCC)OC(=O)CCCCCCCCCCCCCCCCCCCCCC. The normalized spacial score (nSPS) is 12.3. The number of rotatable bonds is 55. The van der Waals surface area contributed by atoms with E-state index >= 15 is 0 Å². The molecule has 1 unspecified atom stereocenters. The molecule has 0 fully saturated rings. The average molecular weight is 968 g/mol. The minimum atomic E-state index is -0.767. The third-order valence-electron chi connectivity index (χ3n) is 13.3. The number of ether oxygens (including phenoxy) is 3. The van der Waals surface area contributed by atoms with Crippen LogP contribution in [-0.2, 0) is 28.6 Å². The Hall–Kier alpha value is -2.63. The largest absolute Gasteiger partial charge is 0.462 e. The van der Waals surface area contributed by atoms with E-state index in [1.807, 2.05) is 0 Å². The van der Waals surface area contributed by atoms with Crippen molar-refractivity contribution in [3.8, 4) is 0 Å². The van der Waals surface area contributed by atoms with Crippen LogP contribution >= 0.6 is 0 Å². The smallest absolute Gasteiger partial charge is 0.306 e. The number of esters is 3. The maximum atomic E-state index is 12.8. The molecular weight excluding hydrogens is 853 g/mol. The predicted octanol–water partition coefficient (Wildman–Crippen LogP) is 20.2. The predicted molar refractivity (Wildman–Crippen MR) is 298 cm³/mol. The van der Waals surface area contributed by atoms with Gasteiger partial charge in [0.25, 0.3) is 0 Å². The molecule has 0 bridgehead atoms. The van der Waals surface area contributed by atoms with Gasteiger partial charge in [0.2, 0.25) is 0 Å². The Morgan fingerprint density at radius 2 is 0.565 bits per heavy atom. The Balaban J connectivity index is 4.08. The molecule has 0 saturated heterocycles. The zero-order valence-corrected chi connectivity index (χ0v) is 46.1. The van der Waals surface area contributed by atoms with Gasteiger partial charge in [-0.15, -0.1) is 0 Å². The molecule has 0 aromatic carbocycles. The number of allylic oxidation sites excluding steroid dienone is 8. The van der Waals surface area contributed by atoms with Crippen LogP contribution in [0.25, 0.3) is 0 Å². The molecule has 0 aliphatic carbocycles. The first-order valence-corrected chi connectivity index (χ1v) is 30.1. The average Bonchev–Trinajstić information content (AvgIpc) is 3.35. The van der Waals surface area contributed by atoms with E-state index in [0.717, 1.165) is 83.5 Å². The molecule has 0 radical (unpaired) electrons. The lowest BCUT2D eigenvalue weighted by Gasteiger charge is -2.18. The van der Waals surface area contributed by atoms with Crippen molar-refractivity contribution < 1.29 is 28.6 Å². The maximum Gasteiger partial charge on any atom is 0.306 e. The third-order valence-corrected chi connectivity index (χ3v) is 13.3. The van der Waals surface area contributed by atoms with Crippen LogP contribution in [0.5, 0.6) is 0 Å². The van der Waals surface area contributed by atoms with Gasteiger partial charge >= 0.3 is 17.9 Å². The van der Waals surface area contributed by atoms with E-state index in [0.29, 0.717) is 19.3 Å². The summed E-state index contributed by atoms with van der Waals surface area (Å²) in [6, 6.07) is 0. The molecule has 0 spiro atoms. The van der Waals surface area contributed by atoms with Gasteiger partial charge < -0.3 is 14.2 Å². The van der Waals surface area contributed by atoms with Gasteiger partial charge in [-0.2, -0.15) is 0 Å². The van der Waals surface area contributed by atoms with Crippen molar-refractivity contribution in [2.24, 2.45) is 0 Å². The molecular formula is C63H114O6. The van der Waals surface area contributed by atoms with Crippen LogP contribution in [-0.4, -0.2) is 37.2 Å². The van der Waals surface area contributed by atoms with Crippen LogP contribution in [0.4, 0.5) is 0 Å². The van der Waals surface area contributed by atoms with Crippen LogP contribution in [0.3, 0.4) is 0 Å². The van der Waals surface area contributed by atoms with Gasteiger partial charge in [-0.1, -0.05) is 288 Å². The van der Waals surface area contributed by atoms with Gasteiger partial charge in [0, 0.05) is 19.3 Å². The fourth-order valence-corrected chi connectivity index (χ4v) is 8.85. The van der Waals surface area contributed by atoms with Crippen molar-refractivity contribution in [2.75, 3.05) is 13.2 Å². The van der Waals surface area contributed by atoms with E-state index in [1.54, 1.807) is 0 Å². The molecule has 1 atom stereocenters. The minimum absolute atomic E-state index is 0.0698. The topological polar surface area (TPSA) is 78.9 Å². The number of carbonyl (C=O) groups is 3. The first-order valence-electron chi connectivity index (χ1n) is 30.1. The zero-order valence-electron chi connectivity index (χ0n) is 46.1. The van der Waals surface area contributed by atoms with Crippen LogP contribution in [0, 0.1) is 0 Å². The monoisotopic (exact) mass is 967 g/mol. The first kappa shape index (κ1) is 66.4. The molecule has 0 saturated carbocycles. The molecule has 6 heteroatoms. The van der Waals surface area contributed by atoms with E-state index in [9.17, 15) is 14.4 Å². The quantitative estimate of drug-likeness (QED) is 0.0262. The minimum Gasteiger partial charge on any atom is -0.462 e. The van der Waals surface area contributed by atoms with Crippen LogP contribution in [0.15, 0.2) is 48.6 Å². The molecule has 0 N–H and O–H groups in total. The summed E-state index contributed by atoms with van der Waals surface area (Å²) in [5, 5.41) is 0. The van der Waals surface area contributed by atoms with E-state index in [1.165, 1.54) is 193 Å². The molecule has 0 aromatic rings. The van der Waals surface area contributed by atoms with Gasteiger partial charge in [-0.05, 0) is 57.8 Å².